The Labute approximate surface area is 110 Å². The molecule has 0 spiro atoms. The van der Waals surface area contributed by atoms with Gasteiger partial charge in [-0.05, 0) is 37.3 Å². The number of carbonyl (C=O) groups is 1. The van der Waals surface area contributed by atoms with Gasteiger partial charge in [-0.1, -0.05) is 6.07 Å². The average Bonchev–Trinajstić information content (AvgIpc) is 2.75. The quantitative estimate of drug-likeness (QED) is 0.870. The van der Waals surface area contributed by atoms with Crippen LogP contribution in [0.1, 0.15) is 11.5 Å². The largest absolute Gasteiger partial charge is 0.465 e. The van der Waals surface area contributed by atoms with E-state index < -0.39 is 0 Å². The highest BCUT2D eigenvalue weighted by Gasteiger charge is 2.04. The fourth-order valence-corrected chi connectivity index (χ4v) is 1.65. The Morgan fingerprint density at radius 2 is 2.16 bits per heavy atom. The van der Waals surface area contributed by atoms with Gasteiger partial charge in [-0.25, -0.2) is 4.39 Å². The second-order valence-corrected chi connectivity index (χ2v) is 4.17. The van der Waals surface area contributed by atoms with Gasteiger partial charge in [0.15, 0.2) is 0 Å². The first-order valence-electron chi connectivity index (χ1n) is 5.95. The lowest BCUT2D eigenvalue weighted by molar-refractivity contribution is -0.115. The molecule has 0 fully saturated rings. The molecule has 100 valence electrons. The van der Waals surface area contributed by atoms with Crippen LogP contribution < -0.4 is 10.6 Å². The number of hydrogen-bond donors (Lipinski definition) is 2. The first-order valence-corrected chi connectivity index (χ1v) is 5.95. The summed E-state index contributed by atoms with van der Waals surface area (Å²) in [6.45, 7) is 2.47. The van der Waals surface area contributed by atoms with Crippen LogP contribution >= 0.6 is 0 Å². The Hall–Kier alpha value is -2.14. The molecule has 4 nitrogen and oxygen atoms in total. The monoisotopic (exact) mass is 262 g/mol. The summed E-state index contributed by atoms with van der Waals surface area (Å²) in [6.07, 6.45) is 0. The predicted molar refractivity (Wildman–Crippen MR) is 70.2 cm³/mol. The van der Waals surface area contributed by atoms with Gasteiger partial charge < -0.3 is 15.1 Å². The van der Waals surface area contributed by atoms with E-state index in [9.17, 15) is 9.18 Å². The minimum absolute atomic E-state index is 0.135. The van der Waals surface area contributed by atoms with E-state index in [1.54, 1.807) is 12.1 Å². The number of anilines is 1. The molecule has 0 radical (unpaired) electrons. The maximum atomic E-state index is 12.9. The SMILES string of the molecule is Cc1ccc(CNCC(=O)Nc2cccc(F)c2)o1. The molecule has 19 heavy (non-hydrogen) atoms. The summed E-state index contributed by atoms with van der Waals surface area (Å²) in [7, 11) is 0. The third-order valence-electron chi connectivity index (χ3n) is 2.49. The first-order chi connectivity index (χ1) is 9.13. The van der Waals surface area contributed by atoms with Gasteiger partial charge >= 0.3 is 0 Å². The molecule has 1 amide bonds. The number of aryl methyl sites for hydroxylation is 1. The third kappa shape index (κ3) is 4.22. The van der Waals surface area contributed by atoms with Crippen LogP contribution in [0.4, 0.5) is 10.1 Å². The lowest BCUT2D eigenvalue weighted by Gasteiger charge is -2.05. The van der Waals surface area contributed by atoms with Gasteiger partial charge in [0, 0.05) is 5.69 Å². The summed E-state index contributed by atoms with van der Waals surface area (Å²) in [6, 6.07) is 9.50. The van der Waals surface area contributed by atoms with Gasteiger partial charge in [0.25, 0.3) is 0 Å². The van der Waals surface area contributed by atoms with E-state index >= 15 is 0 Å². The molecular formula is C14H15FN2O2. The van der Waals surface area contributed by atoms with Crippen LogP contribution in [0.3, 0.4) is 0 Å². The highest BCUT2D eigenvalue weighted by molar-refractivity contribution is 5.92. The van der Waals surface area contributed by atoms with Gasteiger partial charge in [-0.3, -0.25) is 4.79 Å². The molecule has 2 N–H and O–H groups in total. The van der Waals surface area contributed by atoms with Crippen molar-refractivity contribution in [2.24, 2.45) is 0 Å². The van der Waals surface area contributed by atoms with Crippen molar-refractivity contribution >= 4 is 11.6 Å². The van der Waals surface area contributed by atoms with Crippen molar-refractivity contribution in [3.05, 3.63) is 53.7 Å². The standard InChI is InChI=1S/C14H15FN2O2/c1-10-5-6-13(19-10)8-16-9-14(18)17-12-4-2-3-11(15)7-12/h2-7,16H,8-9H2,1H3,(H,17,18). The molecule has 1 heterocycles. The summed E-state index contributed by atoms with van der Waals surface area (Å²) in [4.78, 5) is 11.6. The van der Waals surface area contributed by atoms with Gasteiger partial charge in [0.2, 0.25) is 5.91 Å². The molecule has 0 bridgehead atoms. The number of rotatable bonds is 5. The highest BCUT2D eigenvalue weighted by atomic mass is 19.1. The lowest BCUT2D eigenvalue weighted by atomic mass is 10.3. The molecule has 1 aromatic heterocycles. The number of amides is 1. The zero-order valence-corrected chi connectivity index (χ0v) is 10.6. The van der Waals surface area contributed by atoms with Gasteiger partial charge in [0.1, 0.15) is 17.3 Å². The van der Waals surface area contributed by atoms with E-state index in [-0.39, 0.29) is 18.3 Å². The molecular weight excluding hydrogens is 247 g/mol. The van der Waals surface area contributed by atoms with Crippen LogP contribution in [0, 0.1) is 12.7 Å². The molecule has 2 rings (SSSR count). The molecule has 1 aromatic carbocycles. The highest BCUT2D eigenvalue weighted by Crippen LogP contribution is 2.08. The average molecular weight is 262 g/mol. The Balaban J connectivity index is 1.76. The number of halogens is 1. The van der Waals surface area contributed by atoms with E-state index in [2.05, 4.69) is 10.6 Å². The molecule has 0 aliphatic rings. The van der Waals surface area contributed by atoms with E-state index in [1.165, 1.54) is 12.1 Å². The summed E-state index contributed by atoms with van der Waals surface area (Å²) in [5.74, 6) is 1.00. The predicted octanol–water partition coefficient (Wildman–Crippen LogP) is 2.46. The van der Waals surface area contributed by atoms with Crippen LogP contribution in [0.5, 0.6) is 0 Å². The summed E-state index contributed by atoms with van der Waals surface area (Å²) >= 11 is 0. The number of hydrogen-bond acceptors (Lipinski definition) is 3. The smallest absolute Gasteiger partial charge is 0.238 e. The molecule has 5 heteroatoms. The van der Waals surface area contributed by atoms with E-state index in [0.29, 0.717) is 12.2 Å². The van der Waals surface area contributed by atoms with Crippen molar-refractivity contribution in [1.82, 2.24) is 5.32 Å². The number of carbonyl (C=O) groups excluding carboxylic acids is 1. The molecule has 0 saturated heterocycles. The normalized spacial score (nSPS) is 10.4. The molecule has 0 aliphatic carbocycles. The van der Waals surface area contributed by atoms with E-state index in [4.69, 9.17) is 4.42 Å². The zero-order chi connectivity index (χ0) is 13.7. The van der Waals surface area contributed by atoms with E-state index in [1.807, 2.05) is 19.1 Å². The van der Waals surface area contributed by atoms with Crippen LogP contribution in [0.25, 0.3) is 0 Å². The Morgan fingerprint density at radius 3 is 2.84 bits per heavy atom. The summed E-state index contributed by atoms with van der Waals surface area (Å²) in [5.41, 5.74) is 0.445. The van der Waals surface area contributed by atoms with Crippen molar-refractivity contribution in [1.29, 1.82) is 0 Å². The lowest BCUT2D eigenvalue weighted by Crippen LogP contribution is -2.27. The van der Waals surface area contributed by atoms with Crippen LogP contribution in [-0.4, -0.2) is 12.5 Å². The van der Waals surface area contributed by atoms with Crippen LogP contribution in [0.15, 0.2) is 40.8 Å². The second kappa shape index (κ2) is 6.15. The number of benzene rings is 1. The Morgan fingerprint density at radius 1 is 1.32 bits per heavy atom. The molecule has 2 aromatic rings. The van der Waals surface area contributed by atoms with Crippen LogP contribution in [-0.2, 0) is 11.3 Å². The molecule has 0 unspecified atom stereocenters. The van der Waals surface area contributed by atoms with Gasteiger partial charge in [-0.2, -0.15) is 0 Å². The summed E-state index contributed by atoms with van der Waals surface area (Å²) in [5, 5.41) is 5.55. The van der Waals surface area contributed by atoms with Gasteiger partial charge in [-0.15, -0.1) is 0 Å². The van der Waals surface area contributed by atoms with Gasteiger partial charge in [0.05, 0.1) is 13.1 Å². The maximum Gasteiger partial charge on any atom is 0.238 e. The third-order valence-corrected chi connectivity index (χ3v) is 2.49. The van der Waals surface area contributed by atoms with Crippen molar-refractivity contribution < 1.29 is 13.6 Å². The maximum absolute atomic E-state index is 12.9. The zero-order valence-electron chi connectivity index (χ0n) is 10.6. The first kappa shape index (κ1) is 13.3. The van der Waals surface area contributed by atoms with Crippen molar-refractivity contribution in [3.8, 4) is 0 Å². The second-order valence-electron chi connectivity index (χ2n) is 4.17. The summed E-state index contributed by atoms with van der Waals surface area (Å²) < 4.78 is 18.3. The van der Waals surface area contributed by atoms with Crippen LogP contribution in [0.2, 0.25) is 0 Å². The number of furan rings is 1. The Kier molecular flexibility index (Phi) is 4.30. The fraction of sp³-hybridized carbons (Fsp3) is 0.214. The topological polar surface area (TPSA) is 54.3 Å². The Bertz CT molecular complexity index is 566. The minimum atomic E-state index is -0.378. The van der Waals surface area contributed by atoms with E-state index in [0.717, 1.165) is 11.5 Å². The molecule has 0 atom stereocenters. The molecule has 0 aliphatic heterocycles. The van der Waals surface area contributed by atoms with Crippen molar-refractivity contribution in [3.63, 3.8) is 0 Å². The van der Waals surface area contributed by atoms with Crippen molar-refractivity contribution in [2.45, 2.75) is 13.5 Å². The minimum Gasteiger partial charge on any atom is -0.465 e. The fourth-order valence-electron chi connectivity index (χ4n) is 1.65. The molecule has 0 saturated carbocycles. The number of nitrogens with one attached hydrogen (secondary N) is 2. The van der Waals surface area contributed by atoms with Crippen molar-refractivity contribution in [2.75, 3.05) is 11.9 Å².